The van der Waals surface area contributed by atoms with E-state index in [1.165, 1.54) is 22.3 Å². The van der Waals surface area contributed by atoms with E-state index in [9.17, 15) is 9.59 Å². The number of ketones is 2. The lowest BCUT2D eigenvalue weighted by Crippen LogP contribution is -2.05. The van der Waals surface area contributed by atoms with Crippen molar-refractivity contribution in [2.24, 2.45) is 0 Å². The molecule has 0 aliphatic heterocycles. The van der Waals surface area contributed by atoms with Crippen LogP contribution in [0.5, 0.6) is 0 Å². The molecule has 33 heavy (non-hydrogen) atoms. The molecule has 0 saturated carbocycles. The number of Topliss-reactive ketones (excluding diaryl/α,β-unsaturated/α-hetero) is 2. The van der Waals surface area contributed by atoms with E-state index in [1.54, 1.807) is 36.4 Å². The predicted octanol–water partition coefficient (Wildman–Crippen LogP) is 4.88. The van der Waals surface area contributed by atoms with Crippen LogP contribution in [0.2, 0.25) is 0 Å². The van der Waals surface area contributed by atoms with Crippen LogP contribution >= 0.6 is 0 Å². The molecule has 0 saturated heterocycles. The van der Waals surface area contributed by atoms with Gasteiger partial charge in [0.25, 0.3) is 0 Å². The summed E-state index contributed by atoms with van der Waals surface area (Å²) in [5.41, 5.74) is 7.44. The molecular formula is C29H24O4. The third-order valence-electron chi connectivity index (χ3n) is 5.78. The maximum atomic E-state index is 11.6. The Bertz CT molecular complexity index is 1210. The third kappa shape index (κ3) is 4.67. The Balaban J connectivity index is 0.000000219. The second kappa shape index (κ2) is 10.2. The minimum absolute atomic E-state index is 0.195. The lowest BCUT2D eigenvalue weighted by atomic mass is 9.89. The van der Waals surface area contributed by atoms with Crippen molar-refractivity contribution in [2.75, 3.05) is 13.2 Å². The number of carbonyl (C=O) groups excluding carboxylic acids is 2. The number of rotatable bonds is 5. The van der Waals surface area contributed by atoms with Crippen LogP contribution in [0.1, 0.15) is 43.3 Å². The lowest BCUT2D eigenvalue weighted by Gasteiger charge is -2.14. The second-order valence-corrected chi connectivity index (χ2v) is 7.76. The monoisotopic (exact) mass is 436 g/mol. The minimum atomic E-state index is -0.450. The van der Waals surface area contributed by atoms with Gasteiger partial charge in [-0.1, -0.05) is 103 Å². The Kier molecular flexibility index (Phi) is 6.89. The first kappa shape index (κ1) is 22.3. The van der Waals surface area contributed by atoms with E-state index >= 15 is 0 Å². The summed E-state index contributed by atoms with van der Waals surface area (Å²) in [6, 6.07) is 33.3. The smallest absolute Gasteiger partial charge is 0.188 e. The van der Waals surface area contributed by atoms with E-state index in [-0.39, 0.29) is 17.5 Å². The summed E-state index contributed by atoms with van der Waals surface area (Å²) < 4.78 is 0. The molecule has 4 aromatic carbocycles. The van der Waals surface area contributed by atoms with Gasteiger partial charge in [0.15, 0.2) is 11.6 Å². The first-order chi connectivity index (χ1) is 16.1. The summed E-state index contributed by atoms with van der Waals surface area (Å²) >= 11 is 0. The first-order valence-corrected chi connectivity index (χ1v) is 10.8. The molecule has 0 unspecified atom stereocenters. The fraction of sp³-hybridized carbons (Fsp3) is 0.103. The maximum Gasteiger partial charge on any atom is 0.188 e. The number of hydrogen-bond acceptors (Lipinski definition) is 4. The molecule has 4 nitrogen and oxygen atoms in total. The quantitative estimate of drug-likeness (QED) is 0.385. The van der Waals surface area contributed by atoms with Crippen LogP contribution in [0, 0.1) is 0 Å². The van der Waals surface area contributed by atoms with Gasteiger partial charge in [0.1, 0.15) is 13.2 Å². The predicted molar refractivity (Wildman–Crippen MR) is 129 cm³/mol. The highest BCUT2D eigenvalue weighted by molar-refractivity contribution is 5.97. The zero-order valence-corrected chi connectivity index (χ0v) is 18.0. The average molecular weight is 437 g/mol. The van der Waals surface area contributed by atoms with Crippen molar-refractivity contribution in [2.45, 2.75) is 5.92 Å². The molecule has 1 aliphatic rings. The molecule has 0 atom stereocenters. The van der Waals surface area contributed by atoms with Gasteiger partial charge in [0.2, 0.25) is 0 Å². The van der Waals surface area contributed by atoms with E-state index in [4.69, 9.17) is 10.2 Å². The molecular weight excluding hydrogens is 412 g/mol. The van der Waals surface area contributed by atoms with Crippen LogP contribution in [-0.2, 0) is 0 Å². The molecule has 0 amide bonds. The van der Waals surface area contributed by atoms with Gasteiger partial charge in [-0.3, -0.25) is 9.59 Å². The zero-order valence-electron chi connectivity index (χ0n) is 18.0. The largest absolute Gasteiger partial charge is 0.388 e. The lowest BCUT2D eigenvalue weighted by molar-refractivity contribution is 0.0898. The SMILES string of the molecule is O=C(CO)c1ccc(C2c3ccccc3-c3ccccc32)cc1.O=C(CO)c1ccccc1. The molecule has 4 heteroatoms. The van der Waals surface area contributed by atoms with Gasteiger partial charge in [0.05, 0.1) is 0 Å². The van der Waals surface area contributed by atoms with Crippen molar-refractivity contribution in [1.29, 1.82) is 0 Å². The molecule has 0 fully saturated rings. The number of fused-ring (bicyclic) bond motifs is 3. The molecule has 4 aromatic rings. The highest BCUT2D eigenvalue weighted by atomic mass is 16.3. The van der Waals surface area contributed by atoms with E-state index in [0.717, 1.165) is 5.56 Å². The van der Waals surface area contributed by atoms with Gasteiger partial charge < -0.3 is 10.2 Å². The Labute approximate surface area is 192 Å². The molecule has 2 N–H and O–H groups in total. The molecule has 0 radical (unpaired) electrons. The van der Waals surface area contributed by atoms with Gasteiger partial charge in [-0.25, -0.2) is 0 Å². The van der Waals surface area contributed by atoms with E-state index in [1.807, 2.05) is 18.2 Å². The normalized spacial score (nSPS) is 11.7. The Morgan fingerprint density at radius 1 is 0.545 bits per heavy atom. The summed E-state index contributed by atoms with van der Waals surface area (Å²) in [4.78, 5) is 22.4. The van der Waals surface area contributed by atoms with Crippen molar-refractivity contribution in [1.82, 2.24) is 0 Å². The van der Waals surface area contributed by atoms with Crippen molar-refractivity contribution < 1.29 is 19.8 Å². The highest BCUT2D eigenvalue weighted by Crippen LogP contribution is 2.47. The van der Waals surface area contributed by atoms with Crippen LogP contribution < -0.4 is 0 Å². The highest BCUT2D eigenvalue weighted by Gasteiger charge is 2.29. The van der Waals surface area contributed by atoms with Gasteiger partial charge in [-0.05, 0) is 27.8 Å². The molecule has 0 bridgehead atoms. The van der Waals surface area contributed by atoms with Crippen LogP contribution in [0.4, 0.5) is 0 Å². The third-order valence-corrected chi connectivity index (χ3v) is 5.78. The van der Waals surface area contributed by atoms with Crippen molar-refractivity contribution in [3.63, 3.8) is 0 Å². The molecule has 164 valence electrons. The maximum absolute atomic E-state index is 11.6. The van der Waals surface area contributed by atoms with Crippen molar-refractivity contribution in [3.8, 4) is 11.1 Å². The molecule has 0 heterocycles. The first-order valence-electron chi connectivity index (χ1n) is 10.8. The molecule has 0 aromatic heterocycles. The molecule has 1 aliphatic carbocycles. The Hall–Kier alpha value is -3.86. The number of benzene rings is 4. The van der Waals surface area contributed by atoms with E-state index in [0.29, 0.717) is 11.1 Å². The van der Waals surface area contributed by atoms with E-state index < -0.39 is 13.2 Å². The fourth-order valence-electron chi connectivity index (χ4n) is 4.18. The number of aliphatic hydroxyl groups is 2. The zero-order chi connectivity index (χ0) is 23.2. The number of hydrogen-bond donors (Lipinski definition) is 2. The number of aliphatic hydroxyl groups excluding tert-OH is 2. The summed E-state index contributed by atoms with van der Waals surface area (Å²) in [5.74, 6) is -0.287. The second-order valence-electron chi connectivity index (χ2n) is 7.76. The summed E-state index contributed by atoms with van der Waals surface area (Å²) in [6.07, 6.45) is 0. The molecule has 0 spiro atoms. The van der Waals surface area contributed by atoms with Crippen LogP contribution in [0.3, 0.4) is 0 Å². The van der Waals surface area contributed by atoms with Crippen molar-refractivity contribution >= 4 is 11.6 Å². The van der Waals surface area contributed by atoms with E-state index in [2.05, 4.69) is 48.5 Å². The summed E-state index contributed by atoms with van der Waals surface area (Å²) in [6.45, 7) is -0.863. The fourth-order valence-corrected chi connectivity index (χ4v) is 4.18. The molecule has 5 rings (SSSR count). The summed E-state index contributed by atoms with van der Waals surface area (Å²) in [5, 5.41) is 17.4. The van der Waals surface area contributed by atoms with Crippen LogP contribution in [0.25, 0.3) is 11.1 Å². The van der Waals surface area contributed by atoms with Gasteiger partial charge in [-0.2, -0.15) is 0 Å². The van der Waals surface area contributed by atoms with Gasteiger partial charge in [-0.15, -0.1) is 0 Å². The number of carbonyl (C=O) groups is 2. The Morgan fingerprint density at radius 2 is 0.970 bits per heavy atom. The Morgan fingerprint density at radius 3 is 1.45 bits per heavy atom. The average Bonchev–Trinajstić information content (AvgIpc) is 3.23. The topological polar surface area (TPSA) is 74.6 Å². The van der Waals surface area contributed by atoms with Crippen LogP contribution in [-0.4, -0.2) is 35.0 Å². The summed E-state index contributed by atoms with van der Waals surface area (Å²) in [7, 11) is 0. The minimum Gasteiger partial charge on any atom is -0.388 e. The standard InChI is InChI=1S/C21H16O2.C8H8O2/c22-13-20(23)14-9-11-15(12-10-14)21-18-7-3-1-5-16(18)17-6-2-4-8-19(17)21;9-6-8(10)7-4-2-1-3-5-7/h1-12,21-22H,13H2;1-5,9H,6H2. The van der Waals surface area contributed by atoms with Crippen LogP contribution in [0.15, 0.2) is 103 Å². The van der Waals surface area contributed by atoms with Crippen molar-refractivity contribution in [3.05, 3.63) is 131 Å². The van der Waals surface area contributed by atoms with Gasteiger partial charge >= 0.3 is 0 Å². The van der Waals surface area contributed by atoms with Gasteiger partial charge in [0, 0.05) is 17.0 Å².